The lowest BCUT2D eigenvalue weighted by molar-refractivity contribution is 0.0698. The van der Waals surface area contributed by atoms with Gasteiger partial charge in [-0.2, -0.15) is 5.26 Å². The molecule has 0 atom stereocenters. The standard InChI is InChI=1S/C9H8N2O4S/c10-5-6-16(14,15)11-8-4-2-1-3-7(8)9(12)13/h1-4,11H,6H2,(H,12,13). The van der Waals surface area contributed by atoms with Gasteiger partial charge in [-0.05, 0) is 12.1 Å². The van der Waals surface area contributed by atoms with Crippen LogP contribution in [0.2, 0.25) is 0 Å². The molecule has 2 N–H and O–H groups in total. The number of nitrogens with one attached hydrogen (secondary N) is 1. The van der Waals surface area contributed by atoms with Gasteiger partial charge < -0.3 is 5.11 Å². The molecular formula is C9H8N2O4S. The predicted octanol–water partition coefficient (Wildman–Crippen LogP) is 0.650. The highest BCUT2D eigenvalue weighted by Crippen LogP contribution is 2.16. The zero-order valence-corrected chi connectivity index (χ0v) is 8.86. The van der Waals surface area contributed by atoms with Gasteiger partial charge in [-0.15, -0.1) is 0 Å². The Morgan fingerprint density at radius 3 is 2.62 bits per heavy atom. The second kappa shape index (κ2) is 4.63. The number of carbonyl (C=O) groups is 1. The molecule has 1 rings (SSSR count). The lowest BCUT2D eigenvalue weighted by Crippen LogP contribution is -2.17. The molecule has 1 aromatic rings. The molecule has 1 aromatic carbocycles. The van der Waals surface area contributed by atoms with Gasteiger partial charge in [-0.3, -0.25) is 4.72 Å². The minimum atomic E-state index is -3.82. The number of sulfonamides is 1. The van der Waals surface area contributed by atoms with Crippen LogP contribution >= 0.6 is 0 Å². The largest absolute Gasteiger partial charge is 0.478 e. The molecule has 0 saturated heterocycles. The Labute approximate surface area is 92.2 Å². The van der Waals surface area contributed by atoms with Crippen LogP contribution in [-0.4, -0.2) is 25.2 Å². The average molecular weight is 240 g/mol. The normalized spacial score (nSPS) is 10.4. The quantitative estimate of drug-likeness (QED) is 0.803. The van der Waals surface area contributed by atoms with Gasteiger partial charge in [0, 0.05) is 0 Å². The fourth-order valence-corrected chi connectivity index (χ4v) is 1.80. The highest BCUT2D eigenvalue weighted by atomic mass is 32.2. The van der Waals surface area contributed by atoms with Crippen molar-refractivity contribution >= 4 is 21.7 Å². The van der Waals surface area contributed by atoms with Gasteiger partial charge >= 0.3 is 5.97 Å². The van der Waals surface area contributed by atoms with Gasteiger partial charge in [-0.25, -0.2) is 13.2 Å². The van der Waals surface area contributed by atoms with Gasteiger partial charge in [0.1, 0.15) is 0 Å². The molecule has 0 heterocycles. The molecule has 0 unspecified atom stereocenters. The highest BCUT2D eigenvalue weighted by molar-refractivity contribution is 7.92. The summed E-state index contributed by atoms with van der Waals surface area (Å²) >= 11 is 0. The Kier molecular flexibility index (Phi) is 3.48. The lowest BCUT2D eigenvalue weighted by Gasteiger charge is -2.07. The number of anilines is 1. The van der Waals surface area contributed by atoms with Crippen LogP contribution in [0.1, 0.15) is 10.4 Å². The van der Waals surface area contributed by atoms with Crippen molar-refractivity contribution in [2.75, 3.05) is 10.5 Å². The van der Waals surface area contributed by atoms with Gasteiger partial charge in [-0.1, -0.05) is 12.1 Å². The van der Waals surface area contributed by atoms with E-state index < -0.39 is 21.7 Å². The van der Waals surface area contributed by atoms with Gasteiger partial charge in [0.15, 0.2) is 5.75 Å². The van der Waals surface area contributed by atoms with E-state index in [1.165, 1.54) is 30.3 Å². The molecular weight excluding hydrogens is 232 g/mol. The van der Waals surface area contributed by atoms with Crippen LogP contribution < -0.4 is 4.72 Å². The fraction of sp³-hybridized carbons (Fsp3) is 0.111. The number of nitriles is 1. The third-order valence-corrected chi connectivity index (χ3v) is 2.72. The molecule has 0 fully saturated rings. The number of aromatic carboxylic acids is 1. The minimum Gasteiger partial charge on any atom is -0.478 e. The Morgan fingerprint density at radius 1 is 1.44 bits per heavy atom. The number of carboxylic acid groups (broad SMARTS) is 1. The van der Waals surface area contributed by atoms with Crippen LogP contribution in [0.25, 0.3) is 0 Å². The summed E-state index contributed by atoms with van der Waals surface area (Å²) in [5, 5.41) is 17.1. The number of hydrogen-bond acceptors (Lipinski definition) is 4. The zero-order chi connectivity index (χ0) is 12.2. The van der Waals surface area contributed by atoms with E-state index in [2.05, 4.69) is 0 Å². The number of rotatable bonds is 4. The summed E-state index contributed by atoms with van der Waals surface area (Å²) in [6, 6.07) is 7.04. The first-order valence-electron chi connectivity index (χ1n) is 4.16. The maximum absolute atomic E-state index is 11.2. The van der Waals surface area contributed by atoms with E-state index in [4.69, 9.17) is 10.4 Å². The van der Waals surface area contributed by atoms with Gasteiger partial charge in [0.2, 0.25) is 10.0 Å². The van der Waals surface area contributed by atoms with Crippen molar-refractivity contribution in [1.82, 2.24) is 0 Å². The number of hydrogen-bond donors (Lipinski definition) is 2. The van der Waals surface area contributed by atoms with Crippen LogP contribution in [0.4, 0.5) is 5.69 Å². The average Bonchev–Trinajstić information content (AvgIpc) is 2.17. The summed E-state index contributed by atoms with van der Waals surface area (Å²) in [7, 11) is -3.82. The second-order valence-corrected chi connectivity index (χ2v) is 4.59. The fourth-order valence-electron chi connectivity index (χ4n) is 1.05. The maximum atomic E-state index is 11.2. The van der Waals surface area contributed by atoms with Crippen molar-refractivity contribution in [2.24, 2.45) is 0 Å². The smallest absolute Gasteiger partial charge is 0.337 e. The SMILES string of the molecule is N#CCS(=O)(=O)Nc1ccccc1C(=O)O. The van der Waals surface area contributed by atoms with E-state index in [1.807, 2.05) is 4.72 Å². The molecule has 0 aliphatic heterocycles. The Morgan fingerprint density at radius 2 is 2.06 bits per heavy atom. The van der Waals surface area contributed by atoms with E-state index in [0.29, 0.717) is 0 Å². The molecule has 0 saturated carbocycles. The monoisotopic (exact) mass is 240 g/mol. The van der Waals surface area contributed by atoms with Gasteiger partial charge in [0.05, 0.1) is 17.3 Å². The molecule has 0 aliphatic rings. The zero-order valence-electron chi connectivity index (χ0n) is 8.04. The summed E-state index contributed by atoms with van der Waals surface area (Å²) in [5.74, 6) is -1.96. The number of carboxylic acids is 1. The highest BCUT2D eigenvalue weighted by Gasteiger charge is 2.15. The van der Waals surface area contributed by atoms with Gasteiger partial charge in [0.25, 0.3) is 0 Å². The molecule has 6 nitrogen and oxygen atoms in total. The van der Waals surface area contributed by atoms with Crippen LogP contribution in [0, 0.1) is 11.3 Å². The Bertz CT molecular complexity index is 545. The molecule has 0 spiro atoms. The third-order valence-electron chi connectivity index (χ3n) is 1.68. The van der Waals surface area contributed by atoms with Crippen LogP contribution in [0.15, 0.2) is 24.3 Å². The van der Waals surface area contributed by atoms with E-state index in [9.17, 15) is 13.2 Å². The summed E-state index contributed by atoms with van der Waals surface area (Å²) in [6.07, 6.45) is 0. The summed E-state index contributed by atoms with van der Waals surface area (Å²) in [6.45, 7) is 0. The van der Waals surface area contributed by atoms with E-state index in [1.54, 1.807) is 0 Å². The summed E-state index contributed by atoms with van der Waals surface area (Å²) in [4.78, 5) is 10.8. The van der Waals surface area contributed by atoms with Crippen LogP contribution in [0.5, 0.6) is 0 Å². The van der Waals surface area contributed by atoms with Crippen LogP contribution in [-0.2, 0) is 10.0 Å². The van der Waals surface area contributed by atoms with Crippen molar-refractivity contribution in [3.63, 3.8) is 0 Å². The van der Waals surface area contributed by atoms with Crippen molar-refractivity contribution < 1.29 is 18.3 Å². The summed E-state index contributed by atoms with van der Waals surface area (Å²) < 4.78 is 24.5. The topological polar surface area (TPSA) is 107 Å². The minimum absolute atomic E-state index is 0.0507. The predicted molar refractivity (Wildman–Crippen MR) is 56.4 cm³/mol. The first kappa shape index (κ1) is 12.0. The first-order valence-corrected chi connectivity index (χ1v) is 5.81. The Balaban J connectivity index is 3.08. The number of para-hydroxylation sites is 1. The molecule has 84 valence electrons. The summed E-state index contributed by atoms with van der Waals surface area (Å²) in [5.41, 5.74) is -0.214. The van der Waals surface area contributed by atoms with E-state index in [0.717, 1.165) is 0 Å². The molecule has 0 aliphatic carbocycles. The Hall–Kier alpha value is -2.07. The van der Waals surface area contributed by atoms with Crippen molar-refractivity contribution in [2.45, 2.75) is 0 Å². The molecule has 0 radical (unpaired) electrons. The maximum Gasteiger partial charge on any atom is 0.337 e. The molecule has 7 heteroatoms. The van der Waals surface area contributed by atoms with E-state index >= 15 is 0 Å². The first-order chi connectivity index (χ1) is 7.46. The van der Waals surface area contributed by atoms with Crippen LogP contribution in [0.3, 0.4) is 0 Å². The van der Waals surface area contributed by atoms with Crippen molar-refractivity contribution in [1.29, 1.82) is 5.26 Å². The molecule has 16 heavy (non-hydrogen) atoms. The lowest BCUT2D eigenvalue weighted by atomic mass is 10.2. The van der Waals surface area contributed by atoms with E-state index in [-0.39, 0.29) is 11.3 Å². The third kappa shape index (κ3) is 2.96. The van der Waals surface area contributed by atoms with Crippen molar-refractivity contribution in [3.05, 3.63) is 29.8 Å². The molecule has 0 amide bonds. The second-order valence-electron chi connectivity index (χ2n) is 2.87. The van der Waals surface area contributed by atoms with Crippen molar-refractivity contribution in [3.8, 4) is 6.07 Å². The number of benzene rings is 1. The number of nitrogens with zero attached hydrogens (tertiary/aromatic N) is 1. The molecule has 0 aromatic heterocycles. The molecule has 0 bridgehead atoms.